The fourth-order valence-electron chi connectivity index (χ4n) is 3.85. The second kappa shape index (κ2) is 10.3. The van der Waals surface area contributed by atoms with Crippen LogP contribution >= 0.6 is 0 Å². The first kappa shape index (κ1) is 25.3. The first-order chi connectivity index (χ1) is 16.2. The molecule has 4 aromatic rings. The Labute approximate surface area is 198 Å². The predicted octanol–water partition coefficient (Wildman–Crippen LogP) is 3.83. The molecule has 0 atom stereocenters. The molecule has 0 unspecified atom stereocenters. The van der Waals surface area contributed by atoms with Crippen molar-refractivity contribution in [1.29, 1.82) is 0 Å². The SMILES string of the molecule is CCOc1cc2c(cc1OC)c[n+](C)c1c3cc(OC)c(OC)cc3ccc21.COS(=O)(=O)O. The van der Waals surface area contributed by atoms with Crippen molar-refractivity contribution < 1.29 is 40.7 Å². The summed E-state index contributed by atoms with van der Waals surface area (Å²) in [5.41, 5.74) is 1.12. The van der Waals surface area contributed by atoms with E-state index < -0.39 is 10.4 Å². The van der Waals surface area contributed by atoms with Crippen LogP contribution in [0, 0.1) is 0 Å². The molecule has 0 aliphatic rings. The van der Waals surface area contributed by atoms with Gasteiger partial charge in [0.2, 0.25) is 5.52 Å². The standard InChI is InChI=1S/C23H24NO4.CH4O4S/c1-6-28-22-11-17-15(10-20(22)26-4)13-24(2)23-16(17)8-7-14-9-19(25-3)21(27-5)12-18(14)23;1-5-6(2,3)4/h7-13H,6H2,1-5H3;1H3,(H,2,3,4)/q+1;. The number of nitrogens with zero attached hydrogens (tertiary/aromatic N) is 1. The van der Waals surface area contributed by atoms with Crippen LogP contribution < -0.4 is 23.5 Å². The van der Waals surface area contributed by atoms with Crippen LogP contribution in [0.1, 0.15) is 6.92 Å². The number of benzene rings is 3. The zero-order valence-electron chi connectivity index (χ0n) is 19.9. The lowest BCUT2D eigenvalue weighted by atomic mass is 10.00. The highest BCUT2D eigenvalue weighted by Gasteiger charge is 2.19. The van der Waals surface area contributed by atoms with Crippen LogP contribution in [-0.2, 0) is 21.6 Å². The van der Waals surface area contributed by atoms with Gasteiger partial charge in [-0.1, -0.05) is 6.07 Å². The highest BCUT2D eigenvalue weighted by atomic mass is 32.3. The van der Waals surface area contributed by atoms with Crippen LogP contribution in [0.15, 0.2) is 42.6 Å². The summed E-state index contributed by atoms with van der Waals surface area (Å²) in [7, 11) is 3.74. The summed E-state index contributed by atoms with van der Waals surface area (Å²) < 4.78 is 54.2. The molecule has 0 bridgehead atoms. The number of hydrogen-bond acceptors (Lipinski definition) is 7. The number of methoxy groups -OCH3 is 3. The van der Waals surface area contributed by atoms with Gasteiger partial charge in [0.1, 0.15) is 7.05 Å². The normalized spacial score (nSPS) is 11.3. The molecule has 1 N–H and O–H groups in total. The monoisotopic (exact) mass is 490 g/mol. The molecular formula is C24H28NO8S+. The van der Waals surface area contributed by atoms with Crippen LogP contribution in [0.3, 0.4) is 0 Å². The molecule has 0 saturated heterocycles. The van der Waals surface area contributed by atoms with Gasteiger partial charge >= 0.3 is 10.4 Å². The van der Waals surface area contributed by atoms with Gasteiger partial charge in [-0.25, -0.2) is 0 Å². The molecule has 0 radical (unpaired) electrons. The zero-order chi connectivity index (χ0) is 25.0. The Bertz CT molecular complexity index is 1450. The fourth-order valence-corrected chi connectivity index (χ4v) is 3.85. The van der Waals surface area contributed by atoms with Crippen LogP contribution in [0.25, 0.3) is 32.4 Å². The van der Waals surface area contributed by atoms with E-state index in [1.54, 1.807) is 21.3 Å². The number of hydrogen-bond donors (Lipinski definition) is 1. The van der Waals surface area contributed by atoms with Crippen LogP contribution in [0.5, 0.6) is 23.0 Å². The van der Waals surface area contributed by atoms with Gasteiger partial charge < -0.3 is 18.9 Å². The van der Waals surface area contributed by atoms with E-state index in [-0.39, 0.29) is 0 Å². The summed E-state index contributed by atoms with van der Waals surface area (Å²) in [5.74, 6) is 2.93. The average molecular weight is 491 g/mol. The highest BCUT2D eigenvalue weighted by Crippen LogP contribution is 2.39. The van der Waals surface area contributed by atoms with Crippen molar-refractivity contribution in [3.8, 4) is 23.0 Å². The number of aromatic nitrogens is 1. The number of ether oxygens (including phenoxy) is 4. The highest BCUT2D eigenvalue weighted by molar-refractivity contribution is 7.80. The Morgan fingerprint density at radius 3 is 1.88 bits per heavy atom. The predicted molar refractivity (Wildman–Crippen MR) is 130 cm³/mol. The fraction of sp³-hybridized carbons (Fsp3) is 0.292. The average Bonchev–Trinajstić information content (AvgIpc) is 2.82. The summed E-state index contributed by atoms with van der Waals surface area (Å²) in [6.07, 6.45) is 2.12. The lowest BCUT2D eigenvalue weighted by Crippen LogP contribution is -2.28. The van der Waals surface area contributed by atoms with Crippen LogP contribution in [0.2, 0.25) is 0 Å². The third-order valence-corrected chi connectivity index (χ3v) is 5.74. The maximum absolute atomic E-state index is 9.33. The van der Waals surface area contributed by atoms with Gasteiger partial charge in [0.25, 0.3) is 0 Å². The third kappa shape index (κ3) is 5.09. The first-order valence-corrected chi connectivity index (χ1v) is 11.7. The minimum atomic E-state index is -4.16. The van der Waals surface area contributed by atoms with E-state index in [0.717, 1.165) is 56.8 Å². The van der Waals surface area contributed by atoms with Gasteiger partial charge in [-0.15, -0.1) is 0 Å². The van der Waals surface area contributed by atoms with Gasteiger partial charge in [0.15, 0.2) is 29.2 Å². The van der Waals surface area contributed by atoms with E-state index in [4.69, 9.17) is 23.5 Å². The van der Waals surface area contributed by atoms with E-state index in [9.17, 15) is 8.42 Å². The molecule has 9 nitrogen and oxygen atoms in total. The third-order valence-electron chi connectivity index (χ3n) is 5.32. The summed E-state index contributed by atoms with van der Waals surface area (Å²) in [5, 5.41) is 5.56. The smallest absolute Gasteiger partial charge is 0.397 e. The molecular weight excluding hydrogens is 462 g/mol. The Hall–Kier alpha value is -3.34. The first-order valence-electron chi connectivity index (χ1n) is 10.3. The van der Waals surface area contributed by atoms with E-state index >= 15 is 0 Å². The van der Waals surface area contributed by atoms with Gasteiger partial charge in [-0.05, 0) is 42.6 Å². The van der Waals surface area contributed by atoms with Crippen molar-refractivity contribution in [2.24, 2.45) is 7.05 Å². The summed E-state index contributed by atoms with van der Waals surface area (Å²) >= 11 is 0. The maximum atomic E-state index is 9.33. The Morgan fingerprint density at radius 2 is 1.32 bits per heavy atom. The van der Waals surface area contributed by atoms with E-state index in [1.165, 1.54) is 0 Å². The van der Waals surface area contributed by atoms with Gasteiger partial charge in [-0.2, -0.15) is 13.0 Å². The second-order valence-electron chi connectivity index (χ2n) is 7.25. The molecule has 0 fully saturated rings. The molecule has 34 heavy (non-hydrogen) atoms. The van der Waals surface area contributed by atoms with E-state index in [2.05, 4.69) is 40.2 Å². The molecule has 0 aliphatic heterocycles. The molecule has 0 aliphatic carbocycles. The van der Waals surface area contributed by atoms with Gasteiger partial charge in [0.05, 0.1) is 51.2 Å². The largest absolute Gasteiger partial charge is 0.493 e. The Kier molecular flexibility index (Phi) is 7.65. The van der Waals surface area contributed by atoms with Crippen LogP contribution in [-0.4, -0.2) is 48.0 Å². The Morgan fingerprint density at radius 1 is 0.794 bits per heavy atom. The maximum Gasteiger partial charge on any atom is 0.397 e. The molecule has 0 amide bonds. The number of fused-ring (bicyclic) bond motifs is 5. The van der Waals surface area contributed by atoms with Crippen molar-refractivity contribution in [1.82, 2.24) is 0 Å². The molecule has 0 saturated carbocycles. The summed E-state index contributed by atoms with van der Waals surface area (Å²) in [4.78, 5) is 0. The topological polar surface area (TPSA) is 104 Å². The molecule has 182 valence electrons. The quantitative estimate of drug-likeness (QED) is 0.247. The molecule has 4 rings (SSSR count). The van der Waals surface area contributed by atoms with E-state index in [1.807, 2.05) is 25.1 Å². The van der Waals surface area contributed by atoms with Crippen molar-refractivity contribution in [3.05, 3.63) is 42.6 Å². The van der Waals surface area contributed by atoms with Crippen molar-refractivity contribution in [3.63, 3.8) is 0 Å². The molecule has 1 aromatic heterocycles. The summed E-state index contributed by atoms with van der Waals surface area (Å²) in [6.45, 7) is 2.56. The number of aryl methyl sites for hydroxylation is 1. The molecule has 10 heteroatoms. The minimum absolute atomic E-state index is 0.584. The molecule has 0 spiro atoms. The van der Waals surface area contributed by atoms with Crippen molar-refractivity contribution >= 4 is 42.8 Å². The minimum Gasteiger partial charge on any atom is -0.493 e. The Balaban J connectivity index is 0.000000481. The number of rotatable bonds is 6. The van der Waals surface area contributed by atoms with Gasteiger partial charge in [0, 0.05) is 5.39 Å². The zero-order valence-corrected chi connectivity index (χ0v) is 20.7. The summed E-state index contributed by atoms with van der Waals surface area (Å²) in [6, 6.07) is 12.4. The van der Waals surface area contributed by atoms with Gasteiger partial charge in [-0.3, -0.25) is 8.74 Å². The van der Waals surface area contributed by atoms with Crippen LogP contribution in [0.4, 0.5) is 0 Å². The lowest BCUT2D eigenvalue weighted by Gasteiger charge is -2.13. The number of pyridine rings is 1. The molecule has 3 aromatic carbocycles. The lowest BCUT2D eigenvalue weighted by molar-refractivity contribution is -0.642. The second-order valence-corrected chi connectivity index (χ2v) is 8.44. The van der Waals surface area contributed by atoms with Crippen molar-refractivity contribution in [2.45, 2.75) is 6.92 Å². The van der Waals surface area contributed by atoms with E-state index in [0.29, 0.717) is 12.4 Å². The molecule has 1 heterocycles. The van der Waals surface area contributed by atoms with Crippen molar-refractivity contribution in [2.75, 3.05) is 35.0 Å².